The molecule has 2 heterocycles. The van der Waals surface area contributed by atoms with Crippen LogP contribution in [-0.2, 0) is 10.0 Å². The highest BCUT2D eigenvalue weighted by Gasteiger charge is 2.29. The van der Waals surface area contributed by atoms with E-state index in [0.29, 0.717) is 12.1 Å². The third-order valence-electron chi connectivity index (χ3n) is 6.20. The van der Waals surface area contributed by atoms with Crippen molar-refractivity contribution in [2.45, 2.75) is 52.0 Å². The second-order valence-corrected chi connectivity index (χ2v) is 12.1. The van der Waals surface area contributed by atoms with Crippen LogP contribution in [0.15, 0.2) is 53.4 Å². The number of nitrogens with one attached hydrogen (secondary N) is 1. The third-order valence-corrected chi connectivity index (χ3v) is 7.52. The van der Waals surface area contributed by atoms with Gasteiger partial charge in [-0.15, -0.1) is 0 Å². The fourth-order valence-electron chi connectivity index (χ4n) is 4.43. The standard InChI is InChI=1S/C27H32N4O4S/c1-17-9-7-10-18(2)24(17)22-14-23-29-26(28-22)30-36(33,34)21-12-8-11-19(13-21)25(32)31(6)20(16-35-23)15-27(3,4)5/h7-14,20H,15-16H2,1-6H3,(H,28,29,30)/t20-/m1/s1. The first-order chi connectivity index (χ1) is 16.8. The summed E-state index contributed by atoms with van der Waals surface area (Å²) in [4.78, 5) is 23.8. The normalized spacial score (nSPS) is 17.8. The van der Waals surface area contributed by atoms with Crippen LogP contribution in [0.4, 0.5) is 5.95 Å². The van der Waals surface area contributed by atoms with Crippen LogP contribution in [0.5, 0.6) is 5.88 Å². The Hall–Kier alpha value is -3.46. The van der Waals surface area contributed by atoms with E-state index < -0.39 is 10.0 Å². The number of sulfonamides is 1. The van der Waals surface area contributed by atoms with Crippen molar-refractivity contribution >= 4 is 21.9 Å². The van der Waals surface area contributed by atoms with Gasteiger partial charge in [0.15, 0.2) is 0 Å². The van der Waals surface area contributed by atoms with Crippen molar-refractivity contribution in [1.82, 2.24) is 14.9 Å². The van der Waals surface area contributed by atoms with Crippen LogP contribution in [0.25, 0.3) is 11.3 Å². The number of aromatic nitrogens is 2. The van der Waals surface area contributed by atoms with Crippen molar-refractivity contribution in [3.63, 3.8) is 0 Å². The number of hydrogen-bond donors (Lipinski definition) is 1. The van der Waals surface area contributed by atoms with Gasteiger partial charge >= 0.3 is 0 Å². The van der Waals surface area contributed by atoms with Crippen molar-refractivity contribution in [1.29, 1.82) is 0 Å². The van der Waals surface area contributed by atoms with Crippen molar-refractivity contribution < 1.29 is 17.9 Å². The first-order valence-electron chi connectivity index (χ1n) is 11.8. The quantitative estimate of drug-likeness (QED) is 0.532. The fraction of sp³-hybridized carbons (Fsp3) is 0.370. The summed E-state index contributed by atoms with van der Waals surface area (Å²) in [6, 6.07) is 13.3. The Morgan fingerprint density at radius 3 is 2.39 bits per heavy atom. The van der Waals surface area contributed by atoms with E-state index in [9.17, 15) is 13.2 Å². The van der Waals surface area contributed by atoms with Crippen LogP contribution in [0, 0.1) is 19.3 Å². The monoisotopic (exact) mass is 508 g/mol. The summed E-state index contributed by atoms with van der Waals surface area (Å²) in [6.45, 7) is 10.4. The number of nitrogens with zero attached hydrogens (tertiary/aromatic N) is 3. The first-order valence-corrected chi connectivity index (χ1v) is 13.3. The van der Waals surface area contributed by atoms with Crippen LogP contribution in [0.3, 0.4) is 0 Å². The van der Waals surface area contributed by atoms with Gasteiger partial charge < -0.3 is 9.64 Å². The minimum atomic E-state index is -4.06. The van der Waals surface area contributed by atoms with Gasteiger partial charge in [0.2, 0.25) is 11.8 Å². The molecule has 1 aliphatic heterocycles. The van der Waals surface area contributed by atoms with E-state index in [1.165, 1.54) is 12.1 Å². The zero-order valence-electron chi connectivity index (χ0n) is 21.5. The van der Waals surface area contributed by atoms with Crippen LogP contribution < -0.4 is 9.46 Å². The Kier molecular flexibility index (Phi) is 6.79. The molecule has 0 spiro atoms. The number of carbonyl (C=O) groups is 1. The molecule has 3 aromatic rings. The maximum Gasteiger partial charge on any atom is 0.264 e. The minimum Gasteiger partial charge on any atom is -0.475 e. The van der Waals surface area contributed by atoms with Crippen molar-refractivity contribution in [3.8, 4) is 17.1 Å². The summed E-state index contributed by atoms with van der Waals surface area (Å²) in [7, 11) is -2.35. The molecule has 1 aliphatic rings. The van der Waals surface area contributed by atoms with Crippen molar-refractivity contribution in [2.24, 2.45) is 5.41 Å². The maximum atomic E-state index is 13.3. The van der Waals surface area contributed by atoms with E-state index in [2.05, 4.69) is 35.5 Å². The first kappa shape index (κ1) is 25.6. The molecule has 1 aromatic heterocycles. The average molecular weight is 509 g/mol. The van der Waals surface area contributed by atoms with E-state index in [4.69, 9.17) is 4.74 Å². The van der Waals surface area contributed by atoms with Gasteiger partial charge in [-0.1, -0.05) is 45.0 Å². The van der Waals surface area contributed by atoms with Crippen LogP contribution in [0.1, 0.15) is 48.7 Å². The maximum absolute atomic E-state index is 13.3. The summed E-state index contributed by atoms with van der Waals surface area (Å²) in [5, 5.41) is 0. The summed E-state index contributed by atoms with van der Waals surface area (Å²) >= 11 is 0. The number of benzene rings is 2. The number of rotatable bonds is 2. The van der Waals surface area contributed by atoms with Gasteiger partial charge in [0.1, 0.15) is 6.61 Å². The zero-order valence-corrected chi connectivity index (χ0v) is 22.3. The molecule has 1 N–H and O–H groups in total. The van der Waals surface area contributed by atoms with Gasteiger partial charge in [-0.05, 0) is 55.0 Å². The molecule has 0 aliphatic carbocycles. The molecule has 0 fully saturated rings. The Morgan fingerprint density at radius 2 is 1.72 bits per heavy atom. The second kappa shape index (κ2) is 9.54. The molecule has 8 nitrogen and oxygen atoms in total. The number of amides is 1. The molecule has 4 bridgehead atoms. The molecule has 0 radical (unpaired) electrons. The molecule has 190 valence electrons. The highest BCUT2D eigenvalue weighted by Crippen LogP contribution is 2.31. The van der Waals surface area contributed by atoms with Crippen LogP contribution in [0.2, 0.25) is 0 Å². The number of ether oxygens (including phenoxy) is 1. The number of aryl methyl sites for hydroxylation is 2. The SMILES string of the molecule is Cc1cccc(C)c1-c1cc2nc(n1)NS(=O)(=O)c1cccc(c1)C(=O)N(C)[C@H](CC(C)(C)C)CO2. The molecule has 0 saturated carbocycles. The molecule has 1 atom stereocenters. The highest BCUT2D eigenvalue weighted by molar-refractivity contribution is 7.92. The molecule has 2 aromatic carbocycles. The minimum absolute atomic E-state index is 0.0445. The highest BCUT2D eigenvalue weighted by atomic mass is 32.2. The van der Waals surface area contributed by atoms with Gasteiger partial charge in [0.05, 0.1) is 16.6 Å². The van der Waals surface area contributed by atoms with E-state index in [0.717, 1.165) is 16.7 Å². The molecular weight excluding hydrogens is 476 g/mol. The lowest BCUT2D eigenvalue weighted by molar-refractivity contribution is 0.0613. The molecule has 0 saturated heterocycles. The van der Waals surface area contributed by atoms with E-state index in [-0.39, 0.29) is 46.3 Å². The Balaban J connectivity index is 1.89. The lowest BCUT2D eigenvalue weighted by Gasteiger charge is -2.33. The molecule has 36 heavy (non-hydrogen) atoms. The topological polar surface area (TPSA) is 101 Å². The molecule has 1 amide bonds. The van der Waals surface area contributed by atoms with E-state index in [1.54, 1.807) is 30.1 Å². The third kappa shape index (κ3) is 5.51. The molecular formula is C27H32N4O4S. The van der Waals surface area contributed by atoms with Gasteiger partial charge in [0.25, 0.3) is 15.9 Å². The Bertz CT molecular complexity index is 1390. The van der Waals surface area contributed by atoms with E-state index >= 15 is 0 Å². The predicted octanol–water partition coefficient (Wildman–Crippen LogP) is 4.83. The Labute approximate surface area is 212 Å². The van der Waals surface area contributed by atoms with E-state index in [1.807, 2.05) is 32.0 Å². The van der Waals surface area contributed by atoms with Gasteiger partial charge in [-0.3, -0.25) is 4.79 Å². The van der Waals surface area contributed by atoms with Crippen LogP contribution in [-0.4, -0.2) is 48.9 Å². The molecule has 9 heteroatoms. The molecule has 4 rings (SSSR count). The summed E-state index contributed by atoms with van der Waals surface area (Å²) in [5.41, 5.74) is 3.62. The molecule has 0 unspecified atom stereocenters. The van der Waals surface area contributed by atoms with Crippen LogP contribution >= 0.6 is 0 Å². The predicted molar refractivity (Wildman–Crippen MR) is 140 cm³/mol. The summed E-state index contributed by atoms with van der Waals surface area (Å²) in [6.07, 6.45) is 0.674. The van der Waals surface area contributed by atoms with Gasteiger partial charge in [-0.2, -0.15) is 4.98 Å². The number of likely N-dealkylation sites (N-methyl/N-ethyl adjacent to an activating group) is 1. The van der Waals surface area contributed by atoms with Crippen molar-refractivity contribution in [3.05, 3.63) is 65.2 Å². The largest absolute Gasteiger partial charge is 0.475 e. The number of anilines is 1. The zero-order chi connectivity index (χ0) is 26.3. The number of fused-ring (bicyclic) bond motifs is 4. The summed E-state index contributed by atoms with van der Waals surface area (Å²) < 4.78 is 35.1. The smallest absolute Gasteiger partial charge is 0.264 e. The lowest BCUT2D eigenvalue weighted by atomic mass is 9.87. The number of hydrogen-bond acceptors (Lipinski definition) is 6. The second-order valence-electron chi connectivity index (χ2n) is 10.5. The number of carbonyl (C=O) groups excluding carboxylic acids is 1. The van der Waals surface area contributed by atoms with Gasteiger partial charge in [-0.25, -0.2) is 18.1 Å². The lowest BCUT2D eigenvalue weighted by Crippen LogP contribution is -2.43. The van der Waals surface area contributed by atoms with Gasteiger partial charge in [0, 0.05) is 24.2 Å². The Morgan fingerprint density at radius 1 is 1.06 bits per heavy atom. The summed E-state index contributed by atoms with van der Waals surface area (Å²) in [5.74, 6) is -0.147. The van der Waals surface area contributed by atoms with Crippen molar-refractivity contribution in [2.75, 3.05) is 18.4 Å². The average Bonchev–Trinajstić information content (AvgIpc) is 2.79. The fourth-order valence-corrected chi connectivity index (χ4v) is 5.42.